The third-order valence-electron chi connectivity index (χ3n) is 6.16. The summed E-state index contributed by atoms with van der Waals surface area (Å²) >= 11 is 8.00. The van der Waals surface area contributed by atoms with Crippen molar-refractivity contribution in [3.63, 3.8) is 0 Å². The van der Waals surface area contributed by atoms with Crippen molar-refractivity contribution < 1.29 is 4.79 Å². The van der Waals surface area contributed by atoms with Crippen LogP contribution in [0, 0.1) is 17.8 Å². The number of halogens is 1. The quantitative estimate of drug-likeness (QED) is 0.791. The van der Waals surface area contributed by atoms with E-state index in [9.17, 15) is 4.79 Å². The van der Waals surface area contributed by atoms with Gasteiger partial charge in [-0.25, -0.2) is 0 Å². The molecule has 4 aliphatic carbocycles. The van der Waals surface area contributed by atoms with Gasteiger partial charge < -0.3 is 5.32 Å². The van der Waals surface area contributed by atoms with E-state index in [1.807, 2.05) is 24.3 Å². The lowest BCUT2D eigenvalue weighted by Gasteiger charge is -2.56. The predicted octanol–water partition coefficient (Wildman–Crippen LogP) is 5.25. The Bertz CT molecular complexity index is 760. The molecule has 0 radical (unpaired) electrons. The van der Waals surface area contributed by atoms with Crippen LogP contribution < -0.4 is 5.32 Å². The van der Waals surface area contributed by atoms with Gasteiger partial charge in [-0.3, -0.25) is 4.79 Å². The van der Waals surface area contributed by atoms with E-state index in [4.69, 9.17) is 11.6 Å². The van der Waals surface area contributed by atoms with Crippen LogP contribution in [0.5, 0.6) is 0 Å². The number of amides is 1. The summed E-state index contributed by atoms with van der Waals surface area (Å²) in [5.41, 5.74) is 0.0470. The standard InChI is InChI=1S/C19H20ClNOS/c20-16-14-3-1-2-4-15(14)23-17(16)18(22)21-19-8-11-5-12(9-19)7-13(6-11)10-19/h1-4,11-13H,5-10H2,(H,21,22). The minimum atomic E-state index is 0.0400. The SMILES string of the molecule is O=C(NC12CC3CC(CC(C3)C1)C2)c1sc2ccccc2c1Cl. The second kappa shape index (κ2) is 4.97. The summed E-state index contributed by atoms with van der Waals surface area (Å²) in [6.45, 7) is 0. The number of hydrogen-bond donors (Lipinski definition) is 1. The zero-order valence-corrected chi connectivity index (χ0v) is 14.6. The molecule has 4 fully saturated rings. The minimum Gasteiger partial charge on any atom is -0.346 e. The summed E-state index contributed by atoms with van der Waals surface area (Å²) in [6, 6.07) is 8.00. The fraction of sp³-hybridized carbons (Fsp3) is 0.526. The minimum absolute atomic E-state index is 0.0400. The van der Waals surface area contributed by atoms with E-state index in [2.05, 4.69) is 5.32 Å². The first-order chi connectivity index (χ1) is 11.1. The molecule has 6 rings (SSSR count). The second-order valence-electron chi connectivity index (χ2n) is 7.89. The highest BCUT2D eigenvalue weighted by Crippen LogP contribution is 2.55. The van der Waals surface area contributed by atoms with Crippen LogP contribution in [-0.4, -0.2) is 11.4 Å². The second-order valence-corrected chi connectivity index (χ2v) is 9.32. The fourth-order valence-electron chi connectivity index (χ4n) is 5.72. The maximum absolute atomic E-state index is 12.9. The van der Waals surface area contributed by atoms with Crippen molar-refractivity contribution in [1.82, 2.24) is 5.32 Å². The van der Waals surface area contributed by atoms with Crippen molar-refractivity contribution >= 4 is 38.9 Å². The molecular weight excluding hydrogens is 326 g/mol. The third kappa shape index (κ3) is 2.24. The van der Waals surface area contributed by atoms with Crippen molar-refractivity contribution in [1.29, 1.82) is 0 Å². The summed E-state index contributed by atoms with van der Waals surface area (Å²) in [6.07, 6.45) is 7.68. The first-order valence-corrected chi connectivity index (χ1v) is 9.81. The number of benzene rings is 1. The molecule has 2 nitrogen and oxygen atoms in total. The Balaban J connectivity index is 1.46. The van der Waals surface area contributed by atoms with Gasteiger partial charge >= 0.3 is 0 Å². The third-order valence-corrected chi connectivity index (χ3v) is 7.83. The molecule has 1 N–H and O–H groups in total. The molecule has 0 unspecified atom stereocenters. The molecule has 0 saturated heterocycles. The zero-order chi connectivity index (χ0) is 15.6. The van der Waals surface area contributed by atoms with Crippen LogP contribution in [0.4, 0.5) is 0 Å². The molecule has 1 aromatic heterocycles. The molecule has 4 bridgehead atoms. The lowest BCUT2D eigenvalue weighted by atomic mass is 9.53. The number of carbonyl (C=O) groups is 1. The lowest BCUT2D eigenvalue weighted by Crippen LogP contribution is -2.59. The largest absolute Gasteiger partial charge is 0.346 e. The van der Waals surface area contributed by atoms with Crippen molar-refractivity contribution in [3.8, 4) is 0 Å². The van der Waals surface area contributed by atoms with E-state index >= 15 is 0 Å². The number of rotatable bonds is 2. The molecule has 4 heteroatoms. The molecule has 23 heavy (non-hydrogen) atoms. The molecule has 1 amide bonds. The monoisotopic (exact) mass is 345 g/mol. The smallest absolute Gasteiger partial charge is 0.263 e. The van der Waals surface area contributed by atoms with Crippen LogP contribution in [0.25, 0.3) is 10.1 Å². The maximum atomic E-state index is 12.9. The molecule has 0 spiro atoms. The van der Waals surface area contributed by atoms with Gasteiger partial charge in [0.05, 0.1) is 5.02 Å². The Hall–Kier alpha value is -1.06. The Kier molecular flexibility index (Phi) is 3.09. The summed E-state index contributed by atoms with van der Waals surface area (Å²) in [4.78, 5) is 13.6. The summed E-state index contributed by atoms with van der Waals surface area (Å²) in [5.74, 6) is 2.54. The Morgan fingerprint density at radius 1 is 1.09 bits per heavy atom. The Labute approximate surface area is 145 Å². The van der Waals surface area contributed by atoms with Gasteiger partial charge in [0.15, 0.2) is 0 Å². The van der Waals surface area contributed by atoms with Crippen LogP contribution in [0.15, 0.2) is 24.3 Å². The number of fused-ring (bicyclic) bond motifs is 1. The van der Waals surface area contributed by atoms with Crippen LogP contribution in [0.2, 0.25) is 5.02 Å². The van der Waals surface area contributed by atoms with Crippen molar-refractivity contribution in [3.05, 3.63) is 34.2 Å². The highest BCUT2D eigenvalue weighted by molar-refractivity contribution is 7.21. The van der Waals surface area contributed by atoms with Crippen molar-refractivity contribution in [2.75, 3.05) is 0 Å². The number of carbonyl (C=O) groups excluding carboxylic acids is 1. The first kappa shape index (κ1) is 14.3. The van der Waals surface area contributed by atoms with E-state index in [0.717, 1.165) is 27.8 Å². The van der Waals surface area contributed by atoms with Gasteiger partial charge in [0, 0.05) is 15.6 Å². The predicted molar refractivity (Wildman–Crippen MR) is 95.2 cm³/mol. The Morgan fingerprint density at radius 3 is 2.30 bits per heavy atom. The van der Waals surface area contributed by atoms with Gasteiger partial charge in [0.25, 0.3) is 5.91 Å². The van der Waals surface area contributed by atoms with E-state index < -0.39 is 0 Å². The topological polar surface area (TPSA) is 29.1 Å². The molecule has 4 saturated carbocycles. The molecule has 0 aliphatic heterocycles. The van der Waals surface area contributed by atoms with Gasteiger partial charge in [-0.15, -0.1) is 11.3 Å². The van der Waals surface area contributed by atoms with Crippen LogP contribution in [-0.2, 0) is 0 Å². The number of thiophene rings is 1. The average Bonchev–Trinajstić information content (AvgIpc) is 2.83. The van der Waals surface area contributed by atoms with E-state index in [0.29, 0.717) is 9.90 Å². The zero-order valence-electron chi connectivity index (χ0n) is 13.0. The number of hydrogen-bond acceptors (Lipinski definition) is 2. The molecule has 2 aromatic rings. The van der Waals surface area contributed by atoms with Gasteiger partial charge in [-0.1, -0.05) is 29.8 Å². The summed E-state index contributed by atoms with van der Waals surface area (Å²) < 4.78 is 1.09. The lowest BCUT2D eigenvalue weighted by molar-refractivity contribution is -0.0166. The molecule has 1 heterocycles. The average molecular weight is 346 g/mol. The van der Waals surface area contributed by atoms with Crippen LogP contribution in [0.3, 0.4) is 0 Å². The highest BCUT2D eigenvalue weighted by atomic mass is 35.5. The first-order valence-electron chi connectivity index (χ1n) is 8.61. The van der Waals surface area contributed by atoms with Gasteiger partial charge in [-0.05, 0) is 62.3 Å². The van der Waals surface area contributed by atoms with Gasteiger partial charge in [-0.2, -0.15) is 0 Å². The van der Waals surface area contributed by atoms with E-state index in [-0.39, 0.29) is 11.4 Å². The molecular formula is C19H20ClNOS. The number of nitrogens with one attached hydrogen (secondary N) is 1. The normalized spacial score (nSPS) is 34.9. The van der Waals surface area contributed by atoms with Crippen molar-refractivity contribution in [2.45, 2.75) is 44.1 Å². The van der Waals surface area contributed by atoms with Crippen LogP contribution >= 0.6 is 22.9 Å². The van der Waals surface area contributed by atoms with E-state index in [1.54, 1.807) is 0 Å². The van der Waals surface area contributed by atoms with Crippen LogP contribution in [0.1, 0.15) is 48.2 Å². The summed E-state index contributed by atoms with van der Waals surface area (Å²) in [5, 5.41) is 5.04. The molecule has 4 aliphatic rings. The van der Waals surface area contributed by atoms with Gasteiger partial charge in [0.2, 0.25) is 0 Å². The highest BCUT2D eigenvalue weighted by Gasteiger charge is 2.51. The molecule has 0 atom stereocenters. The Morgan fingerprint density at radius 2 is 1.70 bits per heavy atom. The van der Waals surface area contributed by atoms with Crippen molar-refractivity contribution in [2.24, 2.45) is 17.8 Å². The maximum Gasteiger partial charge on any atom is 0.263 e. The van der Waals surface area contributed by atoms with Gasteiger partial charge in [0.1, 0.15) is 4.88 Å². The molecule has 120 valence electrons. The molecule has 1 aromatic carbocycles. The van der Waals surface area contributed by atoms with E-state index in [1.165, 1.54) is 49.9 Å². The fourth-order valence-corrected chi connectivity index (χ4v) is 7.13. The summed E-state index contributed by atoms with van der Waals surface area (Å²) in [7, 11) is 0.